The first kappa shape index (κ1) is 24.3. The fourth-order valence-electron chi connectivity index (χ4n) is 3.23. The lowest BCUT2D eigenvalue weighted by molar-refractivity contribution is -0.123. The van der Waals surface area contributed by atoms with Crippen LogP contribution in [0, 0.1) is 17.7 Å². The number of carbonyl (C=O) groups is 3. The van der Waals surface area contributed by atoms with E-state index in [2.05, 4.69) is 21.1 Å². The molecule has 2 atom stereocenters. The van der Waals surface area contributed by atoms with Gasteiger partial charge in [-0.2, -0.15) is 5.10 Å². The van der Waals surface area contributed by atoms with E-state index in [1.165, 1.54) is 29.3 Å². The molecule has 1 aliphatic rings. The number of hydrogen-bond donors (Lipinski definition) is 3. The number of halogens is 1. The van der Waals surface area contributed by atoms with Crippen molar-refractivity contribution < 1.29 is 18.8 Å². The lowest BCUT2D eigenvalue weighted by Gasteiger charge is -2.24. The summed E-state index contributed by atoms with van der Waals surface area (Å²) in [7, 11) is 0. The van der Waals surface area contributed by atoms with Gasteiger partial charge >= 0.3 is 6.03 Å². The van der Waals surface area contributed by atoms with E-state index in [4.69, 9.17) is 0 Å². The maximum absolute atomic E-state index is 13.1. The predicted molar refractivity (Wildman–Crippen MR) is 117 cm³/mol. The van der Waals surface area contributed by atoms with Crippen LogP contribution in [0.5, 0.6) is 0 Å². The van der Waals surface area contributed by atoms with Crippen molar-refractivity contribution in [3.63, 3.8) is 0 Å². The van der Waals surface area contributed by atoms with Gasteiger partial charge in [0.25, 0.3) is 5.91 Å². The second-order valence-electron chi connectivity index (χ2n) is 8.53. The van der Waals surface area contributed by atoms with Gasteiger partial charge in [-0.3, -0.25) is 9.59 Å². The summed E-state index contributed by atoms with van der Waals surface area (Å²) >= 11 is 0. The summed E-state index contributed by atoms with van der Waals surface area (Å²) in [6.07, 6.45) is 2.64. The van der Waals surface area contributed by atoms with Crippen LogP contribution in [0.15, 0.2) is 29.4 Å². The molecule has 1 unspecified atom stereocenters. The van der Waals surface area contributed by atoms with Crippen molar-refractivity contribution in [3.8, 4) is 0 Å². The summed E-state index contributed by atoms with van der Waals surface area (Å²) in [5.41, 5.74) is 0.281. The van der Waals surface area contributed by atoms with Gasteiger partial charge in [0, 0.05) is 18.3 Å². The molecule has 9 heteroatoms. The summed E-state index contributed by atoms with van der Waals surface area (Å²) in [5.74, 6) is -0.762. The maximum Gasteiger partial charge on any atom is 0.337 e. The molecule has 1 saturated heterocycles. The molecular weight excluding hydrogens is 401 g/mol. The normalized spacial score (nSPS) is 16.0. The van der Waals surface area contributed by atoms with Gasteiger partial charge < -0.3 is 16.0 Å². The average Bonchev–Trinajstić information content (AvgIpc) is 3.10. The van der Waals surface area contributed by atoms with Gasteiger partial charge in [0.2, 0.25) is 5.91 Å². The standard InChI is InChI=1S/C22H32FN5O3/c1-14(2)11-18(13-25-28-10-9-24-22(28)31)26-21(30)19(12-15(3)4)27-20(29)16-5-7-17(23)8-6-16/h5-8,13-15,18-19H,9-12H2,1-4H3,(H,24,31)(H,26,30)(H,27,29)/b25-13+/t18-,19?/m0/s1. The van der Waals surface area contributed by atoms with Crippen molar-refractivity contribution in [2.75, 3.05) is 13.1 Å². The molecule has 1 aromatic rings. The van der Waals surface area contributed by atoms with E-state index in [1.54, 1.807) is 6.21 Å². The van der Waals surface area contributed by atoms with Crippen LogP contribution in [0.1, 0.15) is 50.9 Å². The molecule has 0 saturated carbocycles. The Balaban J connectivity index is 2.09. The number of benzene rings is 1. The van der Waals surface area contributed by atoms with Crippen molar-refractivity contribution in [1.82, 2.24) is 21.0 Å². The monoisotopic (exact) mass is 433 g/mol. The van der Waals surface area contributed by atoms with Crippen LogP contribution in [0.3, 0.4) is 0 Å². The smallest absolute Gasteiger partial charge is 0.337 e. The third-order valence-electron chi connectivity index (χ3n) is 4.71. The van der Waals surface area contributed by atoms with Crippen molar-refractivity contribution in [2.45, 2.75) is 52.6 Å². The number of urea groups is 1. The second-order valence-corrected chi connectivity index (χ2v) is 8.53. The number of nitrogens with zero attached hydrogens (tertiary/aromatic N) is 2. The van der Waals surface area contributed by atoms with Gasteiger partial charge in [-0.1, -0.05) is 27.7 Å². The summed E-state index contributed by atoms with van der Waals surface area (Å²) in [5, 5.41) is 13.9. The van der Waals surface area contributed by atoms with Crippen LogP contribution >= 0.6 is 0 Å². The molecule has 8 nitrogen and oxygen atoms in total. The summed E-state index contributed by atoms with van der Waals surface area (Å²) in [6.45, 7) is 8.98. The van der Waals surface area contributed by atoms with E-state index in [0.29, 0.717) is 25.9 Å². The highest BCUT2D eigenvalue weighted by Gasteiger charge is 2.25. The maximum atomic E-state index is 13.1. The van der Waals surface area contributed by atoms with Crippen molar-refractivity contribution in [2.24, 2.45) is 16.9 Å². The second kappa shape index (κ2) is 11.4. The molecule has 1 aliphatic heterocycles. The zero-order valence-electron chi connectivity index (χ0n) is 18.5. The third kappa shape index (κ3) is 7.99. The lowest BCUT2D eigenvalue weighted by atomic mass is 10.0. The van der Waals surface area contributed by atoms with Gasteiger partial charge in [-0.05, 0) is 48.9 Å². The van der Waals surface area contributed by atoms with Crippen LogP contribution in [0.2, 0.25) is 0 Å². The number of rotatable bonds is 10. The molecular formula is C22H32FN5O3. The first-order valence-corrected chi connectivity index (χ1v) is 10.6. The molecule has 0 aromatic heterocycles. The Bertz CT molecular complexity index is 795. The van der Waals surface area contributed by atoms with E-state index in [1.807, 2.05) is 27.7 Å². The molecule has 0 spiro atoms. The number of hydrogen-bond acceptors (Lipinski definition) is 4. The Morgan fingerprint density at radius 1 is 1.13 bits per heavy atom. The van der Waals surface area contributed by atoms with Crippen LogP contribution in [-0.4, -0.2) is 54.2 Å². The van der Waals surface area contributed by atoms with Gasteiger partial charge in [-0.25, -0.2) is 14.2 Å². The molecule has 3 N–H and O–H groups in total. The van der Waals surface area contributed by atoms with Gasteiger partial charge in [-0.15, -0.1) is 0 Å². The van der Waals surface area contributed by atoms with Crippen LogP contribution in [0.4, 0.5) is 9.18 Å². The minimum absolute atomic E-state index is 0.162. The number of nitrogens with one attached hydrogen (secondary N) is 3. The first-order valence-electron chi connectivity index (χ1n) is 10.6. The van der Waals surface area contributed by atoms with Crippen LogP contribution < -0.4 is 16.0 Å². The Hall–Kier alpha value is -2.97. The van der Waals surface area contributed by atoms with Crippen molar-refractivity contribution in [1.29, 1.82) is 0 Å². The minimum atomic E-state index is -0.754. The molecule has 170 valence electrons. The average molecular weight is 434 g/mol. The zero-order chi connectivity index (χ0) is 23.0. The first-order chi connectivity index (χ1) is 14.7. The summed E-state index contributed by atoms with van der Waals surface area (Å²) in [6, 6.07) is 3.75. The number of amides is 4. The highest BCUT2D eigenvalue weighted by Crippen LogP contribution is 2.10. The quantitative estimate of drug-likeness (QED) is 0.494. The minimum Gasteiger partial charge on any atom is -0.346 e. The Labute approximate surface area is 182 Å². The van der Waals surface area contributed by atoms with Crippen molar-refractivity contribution >= 4 is 24.1 Å². The van der Waals surface area contributed by atoms with E-state index in [9.17, 15) is 18.8 Å². The van der Waals surface area contributed by atoms with Crippen LogP contribution in [0.25, 0.3) is 0 Å². The molecule has 1 fully saturated rings. The third-order valence-corrected chi connectivity index (χ3v) is 4.71. The van der Waals surface area contributed by atoms with Crippen LogP contribution in [-0.2, 0) is 4.79 Å². The van der Waals surface area contributed by atoms with E-state index < -0.39 is 23.8 Å². The summed E-state index contributed by atoms with van der Waals surface area (Å²) in [4.78, 5) is 37.3. The van der Waals surface area contributed by atoms with Gasteiger partial charge in [0.1, 0.15) is 11.9 Å². The molecule has 31 heavy (non-hydrogen) atoms. The van der Waals surface area contributed by atoms with E-state index >= 15 is 0 Å². The highest BCUT2D eigenvalue weighted by atomic mass is 19.1. The number of hydrazone groups is 1. The molecule has 0 radical (unpaired) electrons. The fourth-order valence-corrected chi connectivity index (χ4v) is 3.23. The molecule has 1 aromatic carbocycles. The SMILES string of the molecule is CC(C)CC(NC(=O)c1ccc(F)cc1)C(=O)N[C@H](/C=N/N1CCNC1=O)CC(C)C. The Kier molecular flexibility index (Phi) is 8.96. The predicted octanol–water partition coefficient (Wildman–Crippen LogP) is 2.51. The molecule has 2 rings (SSSR count). The molecule has 0 bridgehead atoms. The van der Waals surface area contributed by atoms with E-state index in [-0.39, 0.29) is 29.3 Å². The largest absolute Gasteiger partial charge is 0.346 e. The van der Waals surface area contributed by atoms with Gasteiger partial charge in [0.15, 0.2) is 0 Å². The Morgan fingerprint density at radius 2 is 1.77 bits per heavy atom. The molecule has 1 heterocycles. The molecule has 4 amide bonds. The highest BCUT2D eigenvalue weighted by molar-refractivity contribution is 5.97. The lowest BCUT2D eigenvalue weighted by Crippen LogP contribution is -2.51. The van der Waals surface area contributed by atoms with E-state index in [0.717, 1.165) is 0 Å². The van der Waals surface area contributed by atoms with Gasteiger partial charge in [0.05, 0.1) is 12.6 Å². The summed E-state index contributed by atoms with van der Waals surface area (Å²) < 4.78 is 13.1. The fraction of sp³-hybridized carbons (Fsp3) is 0.545. The van der Waals surface area contributed by atoms with Crippen molar-refractivity contribution in [3.05, 3.63) is 35.6 Å². The zero-order valence-corrected chi connectivity index (χ0v) is 18.5. The Morgan fingerprint density at radius 3 is 2.32 bits per heavy atom. The molecule has 0 aliphatic carbocycles. The topological polar surface area (TPSA) is 103 Å². The number of carbonyl (C=O) groups excluding carboxylic acids is 3.